The predicted molar refractivity (Wildman–Crippen MR) is 107 cm³/mol. The third-order valence-electron chi connectivity index (χ3n) is 3.74. The summed E-state index contributed by atoms with van der Waals surface area (Å²) in [7, 11) is 0. The summed E-state index contributed by atoms with van der Waals surface area (Å²) in [5.41, 5.74) is 1.17. The molecule has 4 nitrogen and oxygen atoms in total. The van der Waals surface area contributed by atoms with Crippen molar-refractivity contribution in [1.29, 1.82) is 0 Å². The summed E-state index contributed by atoms with van der Waals surface area (Å²) in [4.78, 5) is 9.35. The Morgan fingerprint density at radius 3 is 2.73 bits per heavy atom. The molecule has 22 heavy (non-hydrogen) atoms. The van der Waals surface area contributed by atoms with Gasteiger partial charge in [-0.3, -0.25) is 4.99 Å². The number of hydrogen-bond donors (Lipinski definition) is 2. The van der Waals surface area contributed by atoms with Crippen LogP contribution in [0.3, 0.4) is 0 Å². The van der Waals surface area contributed by atoms with Gasteiger partial charge in [0.1, 0.15) is 0 Å². The Balaban J connectivity index is 0.00000242. The molecule has 1 aromatic heterocycles. The molecule has 6 heteroatoms. The van der Waals surface area contributed by atoms with E-state index in [-0.39, 0.29) is 24.0 Å². The van der Waals surface area contributed by atoms with Crippen molar-refractivity contribution < 1.29 is 0 Å². The van der Waals surface area contributed by atoms with E-state index in [0.29, 0.717) is 12.0 Å². The van der Waals surface area contributed by atoms with Crippen molar-refractivity contribution in [3.8, 4) is 0 Å². The number of nitrogens with one attached hydrogen (secondary N) is 2. The van der Waals surface area contributed by atoms with E-state index in [1.165, 1.54) is 36.4 Å². The van der Waals surface area contributed by atoms with Crippen LogP contribution in [0, 0.1) is 0 Å². The summed E-state index contributed by atoms with van der Waals surface area (Å²) in [5.74, 6) is 1.48. The minimum absolute atomic E-state index is 0. The Morgan fingerprint density at radius 1 is 1.41 bits per heavy atom. The van der Waals surface area contributed by atoms with Gasteiger partial charge in [-0.15, -0.1) is 35.3 Å². The lowest BCUT2D eigenvalue weighted by molar-refractivity contribution is 0.614. The predicted octanol–water partition coefficient (Wildman–Crippen LogP) is 3.92. The third kappa shape index (κ3) is 6.40. The van der Waals surface area contributed by atoms with Gasteiger partial charge in [0.25, 0.3) is 0 Å². The largest absolute Gasteiger partial charge is 0.357 e. The second kappa shape index (κ2) is 10.4. The van der Waals surface area contributed by atoms with E-state index in [9.17, 15) is 0 Å². The molecule has 0 aliphatic heterocycles. The number of thiazole rings is 1. The van der Waals surface area contributed by atoms with Gasteiger partial charge in [-0.05, 0) is 19.8 Å². The molecule has 1 aliphatic rings. The standard InChI is InChI=1S/C16H28N4S.HI/c1-4-17-16(20-13-7-5-6-8-13)18-10-9-14-11-21-15(19-14)12(2)3;/h11-13H,4-10H2,1-3H3,(H2,17,18,20);1H. The number of hydrogen-bond acceptors (Lipinski definition) is 3. The van der Waals surface area contributed by atoms with Crippen LogP contribution in [-0.4, -0.2) is 30.1 Å². The highest BCUT2D eigenvalue weighted by molar-refractivity contribution is 14.0. The summed E-state index contributed by atoms with van der Waals surface area (Å²) >= 11 is 1.76. The number of aromatic nitrogens is 1. The first-order chi connectivity index (χ1) is 10.2. The number of rotatable bonds is 6. The molecule has 126 valence electrons. The lowest BCUT2D eigenvalue weighted by Crippen LogP contribution is -2.42. The van der Waals surface area contributed by atoms with Crippen LogP contribution in [-0.2, 0) is 6.42 Å². The molecule has 1 heterocycles. The van der Waals surface area contributed by atoms with Gasteiger partial charge in [0.05, 0.1) is 10.7 Å². The quantitative estimate of drug-likeness (QED) is 0.404. The van der Waals surface area contributed by atoms with E-state index in [4.69, 9.17) is 0 Å². The van der Waals surface area contributed by atoms with Crippen molar-refractivity contribution in [2.75, 3.05) is 13.1 Å². The second-order valence-electron chi connectivity index (χ2n) is 5.97. The fourth-order valence-corrected chi connectivity index (χ4v) is 3.44. The molecule has 2 N–H and O–H groups in total. The molecule has 0 spiro atoms. The normalized spacial score (nSPS) is 15.9. The highest BCUT2D eigenvalue weighted by atomic mass is 127. The maximum Gasteiger partial charge on any atom is 0.191 e. The monoisotopic (exact) mass is 436 g/mol. The molecular weight excluding hydrogens is 407 g/mol. The molecule has 2 rings (SSSR count). The van der Waals surface area contributed by atoms with E-state index in [0.717, 1.165) is 25.5 Å². The molecule has 1 aromatic rings. The zero-order chi connectivity index (χ0) is 15.1. The molecule has 1 fully saturated rings. The number of nitrogens with zero attached hydrogens (tertiary/aromatic N) is 2. The van der Waals surface area contributed by atoms with Crippen molar-refractivity contribution in [3.05, 3.63) is 16.1 Å². The first-order valence-electron chi connectivity index (χ1n) is 8.18. The number of aliphatic imine (C=N–C) groups is 1. The smallest absolute Gasteiger partial charge is 0.191 e. The fourth-order valence-electron chi connectivity index (χ4n) is 2.57. The van der Waals surface area contributed by atoms with Crippen molar-refractivity contribution in [2.45, 2.75) is 64.8 Å². The molecule has 0 amide bonds. The highest BCUT2D eigenvalue weighted by Gasteiger charge is 2.15. The topological polar surface area (TPSA) is 49.3 Å². The van der Waals surface area contributed by atoms with Crippen LogP contribution >= 0.6 is 35.3 Å². The number of guanidine groups is 1. The molecular formula is C16H29IN4S. The lowest BCUT2D eigenvalue weighted by atomic mass is 10.2. The fraction of sp³-hybridized carbons (Fsp3) is 0.750. The molecule has 0 atom stereocenters. The maximum absolute atomic E-state index is 4.69. The highest BCUT2D eigenvalue weighted by Crippen LogP contribution is 2.19. The Morgan fingerprint density at radius 2 is 2.14 bits per heavy atom. The van der Waals surface area contributed by atoms with Crippen molar-refractivity contribution >= 4 is 41.3 Å². The minimum Gasteiger partial charge on any atom is -0.357 e. The van der Waals surface area contributed by atoms with E-state index in [1.807, 2.05) is 0 Å². The molecule has 1 saturated carbocycles. The van der Waals surface area contributed by atoms with E-state index < -0.39 is 0 Å². The Hall–Kier alpha value is -0.370. The van der Waals surface area contributed by atoms with E-state index >= 15 is 0 Å². The molecule has 1 aliphatic carbocycles. The van der Waals surface area contributed by atoms with Gasteiger partial charge in [0.2, 0.25) is 0 Å². The second-order valence-corrected chi connectivity index (χ2v) is 6.86. The van der Waals surface area contributed by atoms with Gasteiger partial charge in [0, 0.05) is 36.9 Å². The van der Waals surface area contributed by atoms with Gasteiger partial charge in [-0.25, -0.2) is 4.98 Å². The molecule has 0 saturated heterocycles. The summed E-state index contributed by atoms with van der Waals surface area (Å²) in [5, 5.41) is 10.3. The van der Waals surface area contributed by atoms with E-state index in [1.54, 1.807) is 11.3 Å². The maximum atomic E-state index is 4.69. The third-order valence-corrected chi connectivity index (χ3v) is 4.94. The Kier molecular flexibility index (Phi) is 9.31. The summed E-state index contributed by atoms with van der Waals surface area (Å²) in [6.07, 6.45) is 6.15. The van der Waals surface area contributed by atoms with Gasteiger partial charge in [-0.2, -0.15) is 0 Å². The van der Waals surface area contributed by atoms with Crippen molar-refractivity contribution in [2.24, 2.45) is 4.99 Å². The first kappa shape index (κ1) is 19.7. The average Bonchev–Trinajstić information content (AvgIpc) is 3.10. The van der Waals surface area contributed by atoms with Crippen molar-refractivity contribution in [1.82, 2.24) is 15.6 Å². The van der Waals surface area contributed by atoms with Crippen LogP contribution in [0.25, 0.3) is 0 Å². The van der Waals surface area contributed by atoms with Crippen LogP contribution in [0.4, 0.5) is 0 Å². The molecule has 0 bridgehead atoms. The van der Waals surface area contributed by atoms with Gasteiger partial charge >= 0.3 is 0 Å². The van der Waals surface area contributed by atoms with Crippen LogP contribution in [0.2, 0.25) is 0 Å². The summed E-state index contributed by atoms with van der Waals surface area (Å²) in [6, 6.07) is 0.606. The Labute approximate surface area is 155 Å². The van der Waals surface area contributed by atoms with Gasteiger partial charge in [0.15, 0.2) is 5.96 Å². The van der Waals surface area contributed by atoms with Gasteiger partial charge < -0.3 is 10.6 Å². The summed E-state index contributed by atoms with van der Waals surface area (Å²) < 4.78 is 0. The zero-order valence-corrected chi connectivity index (χ0v) is 17.0. The van der Waals surface area contributed by atoms with Gasteiger partial charge in [-0.1, -0.05) is 26.7 Å². The van der Waals surface area contributed by atoms with Crippen LogP contribution in [0.1, 0.15) is 63.1 Å². The van der Waals surface area contributed by atoms with Crippen LogP contribution in [0.5, 0.6) is 0 Å². The van der Waals surface area contributed by atoms with E-state index in [2.05, 4.69) is 46.8 Å². The minimum atomic E-state index is 0. The van der Waals surface area contributed by atoms with Crippen LogP contribution in [0.15, 0.2) is 10.4 Å². The average molecular weight is 436 g/mol. The van der Waals surface area contributed by atoms with Crippen LogP contribution < -0.4 is 10.6 Å². The zero-order valence-electron chi connectivity index (χ0n) is 13.9. The molecule has 0 aromatic carbocycles. The number of halogens is 1. The molecule has 0 unspecified atom stereocenters. The lowest BCUT2D eigenvalue weighted by Gasteiger charge is -2.16. The summed E-state index contributed by atoms with van der Waals surface area (Å²) in [6.45, 7) is 8.20. The SMILES string of the molecule is CCNC(=NCCc1csc(C(C)C)n1)NC1CCCC1.I. The Bertz CT molecular complexity index is 453. The van der Waals surface area contributed by atoms with Crippen molar-refractivity contribution in [3.63, 3.8) is 0 Å². The molecule has 0 radical (unpaired) electrons. The first-order valence-corrected chi connectivity index (χ1v) is 9.06.